The topological polar surface area (TPSA) is 115 Å². The van der Waals surface area contributed by atoms with Crippen LogP contribution in [0.3, 0.4) is 0 Å². The maximum atomic E-state index is 13.3. The van der Waals surface area contributed by atoms with Crippen LogP contribution in [0.2, 0.25) is 0 Å². The van der Waals surface area contributed by atoms with Gasteiger partial charge in [-0.2, -0.15) is 9.29 Å². The quantitative estimate of drug-likeness (QED) is 0.411. The van der Waals surface area contributed by atoms with E-state index in [2.05, 4.69) is 29.1 Å². The number of hydrogen-bond acceptors (Lipinski definition) is 7. The van der Waals surface area contributed by atoms with E-state index >= 15 is 0 Å². The molecule has 0 saturated carbocycles. The molecule has 0 unspecified atom stereocenters. The van der Waals surface area contributed by atoms with Gasteiger partial charge in [0.25, 0.3) is 5.56 Å². The van der Waals surface area contributed by atoms with Gasteiger partial charge in [0.05, 0.1) is 11.9 Å². The zero-order valence-corrected chi connectivity index (χ0v) is 22.5. The average molecular weight is 522 g/mol. The predicted octanol–water partition coefficient (Wildman–Crippen LogP) is 3.74. The Morgan fingerprint density at radius 2 is 1.81 bits per heavy atom. The summed E-state index contributed by atoms with van der Waals surface area (Å²) in [5.41, 5.74) is 4.98. The molecule has 1 aliphatic heterocycles. The average Bonchev–Trinajstić information content (AvgIpc) is 3.15. The zero-order valence-electron chi connectivity index (χ0n) is 21.6. The fraction of sp³-hybridized carbons (Fsp3) is 0.385. The fourth-order valence-corrected chi connectivity index (χ4v) is 5.47. The van der Waals surface area contributed by atoms with Gasteiger partial charge in [-0.1, -0.05) is 19.9 Å². The molecule has 0 bridgehead atoms. The summed E-state index contributed by atoms with van der Waals surface area (Å²) in [7, 11) is -3.23. The minimum atomic E-state index is -3.23. The number of aromatic nitrogens is 5. The summed E-state index contributed by atoms with van der Waals surface area (Å²) in [6, 6.07) is 9.60. The number of nitrogens with one attached hydrogen (secondary N) is 1. The second-order valence-corrected chi connectivity index (χ2v) is 12.0. The summed E-state index contributed by atoms with van der Waals surface area (Å²) in [5.74, 6) is 0.607. The first-order chi connectivity index (χ1) is 17.5. The number of pyridine rings is 1. The van der Waals surface area contributed by atoms with Crippen LogP contribution in [0.4, 0.5) is 11.6 Å². The van der Waals surface area contributed by atoms with Gasteiger partial charge in [-0.05, 0) is 61.6 Å². The number of sulfonamides is 1. The van der Waals surface area contributed by atoms with Gasteiger partial charge in [0.15, 0.2) is 5.65 Å². The van der Waals surface area contributed by atoms with Crippen LogP contribution in [-0.2, 0) is 23.0 Å². The third-order valence-electron chi connectivity index (χ3n) is 6.62. The molecule has 0 saturated heterocycles. The minimum Gasteiger partial charge on any atom is -0.324 e. The van der Waals surface area contributed by atoms with E-state index in [1.165, 1.54) is 10.6 Å². The van der Waals surface area contributed by atoms with E-state index in [0.717, 1.165) is 28.2 Å². The molecule has 0 spiro atoms. The van der Waals surface area contributed by atoms with Gasteiger partial charge in [-0.25, -0.2) is 22.8 Å². The van der Waals surface area contributed by atoms with Crippen molar-refractivity contribution in [2.45, 2.75) is 52.6 Å². The second kappa shape index (κ2) is 9.38. The summed E-state index contributed by atoms with van der Waals surface area (Å²) < 4.78 is 28.9. The molecule has 10 nitrogen and oxygen atoms in total. The highest BCUT2D eigenvalue weighted by Gasteiger charge is 2.24. The number of anilines is 2. The van der Waals surface area contributed by atoms with Crippen molar-refractivity contribution in [1.82, 2.24) is 28.6 Å². The molecule has 11 heteroatoms. The molecular weight excluding hydrogens is 490 g/mol. The normalized spacial score (nSPS) is 14.5. The summed E-state index contributed by atoms with van der Waals surface area (Å²) in [5, 5.41) is 3.70. The van der Waals surface area contributed by atoms with E-state index in [1.54, 1.807) is 17.1 Å². The highest BCUT2D eigenvalue weighted by Crippen LogP contribution is 2.26. The van der Waals surface area contributed by atoms with Crippen molar-refractivity contribution in [2.24, 2.45) is 0 Å². The predicted molar refractivity (Wildman–Crippen MR) is 144 cm³/mol. The molecule has 1 aromatic carbocycles. The highest BCUT2D eigenvalue weighted by molar-refractivity contribution is 7.88. The van der Waals surface area contributed by atoms with E-state index < -0.39 is 10.0 Å². The van der Waals surface area contributed by atoms with E-state index in [4.69, 9.17) is 4.98 Å². The first kappa shape index (κ1) is 25.1. The first-order valence-corrected chi connectivity index (χ1v) is 14.2. The Labute approximate surface area is 216 Å². The number of fused-ring (bicyclic) bond motifs is 2. The Kier molecular flexibility index (Phi) is 6.36. The number of hydrogen-bond donors (Lipinski definition) is 1. The van der Waals surface area contributed by atoms with Gasteiger partial charge < -0.3 is 5.32 Å². The third-order valence-corrected chi connectivity index (χ3v) is 7.87. The van der Waals surface area contributed by atoms with Crippen molar-refractivity contribution >= 4 is 32.7 Å². The number of benzene rings is 1. The summed E-state index contributed by atoms with van der Waals surface area (Å²) in [6.45, 7) is 8.92. The molecular formula is C26H31N7O3S. The van der Waals surface area contributed by atoms with Crippen LogP contribution in [0.15, 0.2) is 47.5 Å². The van der Waals surface area contributed by atoms with Crippen LogP contribution < -0.4 is 10.9 Å². The first-order valence-electron chi connectivity index (χ1n) is 12.3. The lowest BCUT2D eigenvalue weighted by Gasteiger charge is -2.27. The molecule has 0 aliphatic carbocycles. The van der Waals surface area contributed by atoms with Gasteiger partial charge in [0.2, 0.25) is 16.0 Å². The smallest absolute Gasteiger partial charge is 0.278 e. The lowest BCUT2D eigenvalue weighted by molar-refractivity contribution is 0.395. The Morgan fingerprint density at radius 3 is 2.51 bits per heavy atom. The van der Waals surface area contributed by atoms with Gasteiger partial charge in [-0.15, -0.1) is 0 Å². The maximum absolute atomic E-state index is 13.3. The monoisotopic (exact) mass is 521 g/mol. The summed E-state index contributed by atoms with van der Waals surface area (Å²) >= 11 is 0. The van der Waals surface area contributed by atoms with E-state index in [1.807, 2.05) is 48.9 Å². The van der Waals surface area contributed by atoms with Crippen molar-refractivity contribution in [3.8, 4) is 5.69 Å². The lowest BCUT2D eigenvalue weighted by atomic mass is 10.0. The lowest BCUT2D eigenvalue weighted by Crippen LogP contribution is -2.35. The van der Waals surface area contributed by atoms with Crippen LogP contribution >= 0.6 is 0 Å². The standard InChI is InChI=1S/C26H31N7O3S/c1-16(2)23-13-21(8-10-27-23)33-24-22(25(34)32(33)17(3)4)14-28-26(30-24)29-20-7-6-19-15-31(37(5,35)36)11-9-18(19)12-20/h6-8,10,12-14,16-17H,9,11,15H2,1-5H3,(H,28,29,30). The largest absolute Gasteiger partial charge is 0.324 e. The molecule has 0 amide bonds. The van der Waals surface area contributed by atoms with E-state index in [9.17, 15) is 13.2 Å². The number of rotatable bonds is 6. The molecule has 194 valence electrons. The third kappa shape index (κ3) is 4.76. The SMILES string of the molecule is CC(C)c1cc(-n2c3nc(Nc4ccc5c(c4)CCN(S(C)(=O)=O)C5)ncc3c(=O)n2C(C)C)ccn1. The van der Waals surface area contributed by atoms with Crippen molar-refractivity contribution in [3.05, 3.63) is 69.9 Å². The van der Waals surface area contributed by atoms with Crippen LogP contribution in [0.1, 0.15) is 56.5 Å². The number of nitrogens with zero attached hydrogens (tertiary/aromatic N) is 6. The van der Waals surface area contributed by atoms with Crippen molar-refractivity contribution in [1.29, 1.82) is 0 Å². The van der Waals surface area contributed by atoms with Crippen molar-refractivity contribution < 1.29 is 8.42 Å². The van der Waals surface area contributed by atoms with E-state index in [0.29, 0.717) is 36.5 Å². The van der Waals surface area contributed by atoms with Crippen molar-refractivity contribution in [3.63, 3.8) is 0 Å². The Morgan fingerprint density at radius 1 is 1.03 bits per heavy atom. The Hall–Kier alpha value is -3.57. The molecule has 0 fully saturated rings. The van der Waals surface area contributed by atoms with Crippen LogP contribution in [-0.4, -0.2) is 49.8 Å². The Balaban J connectivity index is 1.54. The van der Waals surface area contributed by atoms with E-state index in [-0.39, 0.29) is 17.5 Å². The van der Waals surface area contributed by atoms with Crippen LogP contribution in [0.5, 0.6) is 0 Å². The van der Waals surface area contributed by atoms with Crippen LogP contribution in [0, 0.1) is 0 Å². The van der Waals surface area contributed by atoms with Gasteiger partial charge in [0.1, 0.15) is 5.39 Å². The molecule has 5 rings (SSSR count). The van der Waals surface area contributed by atoms with Crippen LogP contribution in [0.25, 0.3) is 16.7 Å². The summed E-state index contributed by atoms with van der Waals surface area (Å²) in [4.78, 5) is 26.9. The molecule has 37 heavy (non-hydrogen) atoms. The molecule has 0 atom stereocenters. The van der Waals surface area contributed by atoms with Gasteiger partial charge in [-0.3, -0.25) is 9.78 Å². The molecule has 0 radical (unpaired) electrons. The van der Waals surface area contributed by atoms with Crippen molar-refractivity contribution in [2.75, 3.05) is 18.1 Å². The zero-order chi connectivity index (χ0) is 26.5. The maximum Gasteiger partial charge on any atom is 0.278 e. The molecule has 1 aliphatic rings. The molecule has 4 heterocycles. The highest BCUT2D eigenvalue weighted by atomic mass is 32.2. The molecule has 4 aromatic rings. The van der Waals surface area contributed by atoms with Gasteiger partial charge in [0, 0.05) is 42.9 Å². The Bertz CT molecular complexity index is 1650. The van der Waals surface area contributed by atoms with Gasteiger partial charge >= 0.3 is 0 Å². The molecule has 3 aromatic heterocycles. The summed E-state index contributed by atoms with van der Waals surface area (Å²) in [6.07, 6.45) is 5.19. The molecule has 1 N–H and O–H groups in total. The second-order valence-electron chi connectivity index (χ2n) is 10.0. The minimum absolute atomic E-state index is 0.0964. The fourth-order valence-electron chi connectivity index (χ4n) is 4.67.